The van der Waals surface area contributed by atoms with E-state index in [2.05, 4.69) is 10.6 Å². The Balaban J connectivity index is 2.11. The Bertz CT molecular complexity index is 520. The molecular formula is C12H11N3. The molecule has 0 saturated carbocycles. The molecule has 3 nitrogen and oxygen atoms in total. The summed E-state index contributed by atoms with van der Waals surface area (Å²) < 4.78 is 0. The van der Waals surface area contributed by atoms with Gasteiger partial charge in [0, 0.05) is 5.69 Å². The summed E-state index contributed by atoms with van der Waals surface area (Å²) in [5.41, 5.74) is 10.8. The Morgan fingerprint density at radius 2 is 1.33 bits per heavy atom. The fourth-order valence-corrected chi connectivity index (χ4v) is 1.77. The van der Waals surface area contributed by atoms with Gasteiger partial charge in [0.25, 0.3) is 0 Å². The highest BCUT2D eigenvalue weighted by atomic mass is 15.0. The van der Waals surface area contributed by atoms with Crippen LogP contribution in [0.1, 0.15) is 0 Å². The number of benzene rings is 2. The maximum Gasteiger partial charge on any atom is 0.0644 e. The predicted molar refractivity (Wildman–Crippen MR) is 63.9 cm³/mol. The first-order chi connectivity index (χ1) is 7.33. The van der Waals surface area contributed by atoms with Gasteiger partial charge in [-0.2, -0.15) is 0 Å². The molecule has 1 aliphatic heterocycles. The van der Waals surface area contributed by atoms with Crippen molar-refractivity contribution in [1.82, 2.24) is 0 Å². The third kappa shape index (κ3) is 1.29. The molecule has 0 saturated heterocycles. The summed E-state index contributed by atoms with van der Waals surface area (Å²) in [5, 5.41) is 6.69. The van der Waals surface area contributed by atoms with Crippen molar-refractivity contribution in [2.45, 2.75) is 0 Å². The molecule has 0 unspecified atom stereocenters. The molecule has 3 rings (SSSR count). The molecule has 15 heavy (non-hydrogen) atoms. The fraction of sp³-hybridized carbons (Fsp3) is 0. The Labute approximate surface area is 87.9 Å². The summed E-state index contributed by atoms with van der Waals surface area (Å²) in [7, 11) is 0. The minimum Gasteiger partial charge on any atom is -0.399 e. The fourth-order valence-electron chi connectivity index (χ4n) is 1.77. The van der Waals surface area contributed by atoms with E-state index >= 15 is 0 Å². The lowest BCUT2D eigenvalue weighted by atomic mass is 10.1. The largest absolute Gasteiger partial charge is 0.399 e. The van der Waals surface area contributed by atoms with Gasteiger partial charge in [-0.05, 0) is 30.3 Å². The van der Waals surface area contributed by atoms with Crippen molar-refractivity contribution in [2.75, 3.05) is 16.4 Å². The van der Waals surface area contributed by atoms with Crippen LogP contribution in [0.4, 0.5) is 28.4 Å². The van der Waals surface area contributed by atoms with Crippen LogP contribution in [0.2, 0.25) is 0 Å². The van der Waals surface area contributed by atoms with Gasteiger partial charge in [0.1, 0.15) is 0 Å². The van der Waals surface area contributed by atoms with E-state index in [4.69, 9.17) is 5.73 Å². The molecule has 2 aromatic carbocycles. The van der Waals surface area contributed by atoms with E-state index in [9.17, 15) is 0 Å². The zero-order valence-corrected chi connectivity index (χ0v) is 8.12. The van der Waals surface area contributed by atoms with Crippen molar-refractivity contribution in [3.8, 4) is 0 Å². The van der Waals surface area contributed by atoms with Gasteiger partial charge in [0.05, 0.1) is 22.7 Å². The third-order valence-corrected chi connectivity index (χ3v) is 2.51. The number of nitrogens with one attached hydrogen (secondary N) is 2. The second kappa shape index (κ2) is 2.92. The van der Waals surface area contributed by atoms with Gasteiger partial charge in [-0.25, -0.2) is 0 Å². The van der Waals surface area contributed by atoms with Crippen LogP contribution >= 0.6 is 0 Å². The molecular weight excluding hydrogens is 186 g/mol. The molecule has 74 valence electrons. The van der Waals surface area contributed by atoms with Crippen LogP contribution in [0.25, 0.3) is 0 Å². The molecule has 3 heteroatoms. The number of para-hydroxylation sites is 2. The first-order valence-corrected chi connectivity index (χ1v) is 4.85. The second-order valence-electron chi connectivity index (χ2n) is 3.60. The maximum atomic E-state index is 5.73. The van der Waals surface area contributed by atoms with Crippen LogP contribution in [-0.4, -0.2) is 0 Å². The Kier molecular flexibility index (Phi) is 1.59. The number of nitrogens with two attached hydrogens (primary N) is 1. The normalized spacial score (nSPS) is 12.0. The summed E-state index contributed by atoms with van der Waals surface area (Å²) in [6, 6.07) is 13.9. The van der Waals surface area contributed by atoms with Gasteiger partial charge in [0.15, 0.2) is 0 Å². The summed E-state index contributed by atoms with van der Waals surface area (Å²) in [5.74, 6) is 0. The molecule has 4 N–H and O–H groups in total. The summed E-state index contributed by atoms with van der Waals surface area (Å²) in [6.45, 7) is 0. The Morgan fingerprint density at radius 1 is 0.733 bits per heavy atom. The van der Waals surface area contributed by atoms with Crippen LogP contribution in [0.15, 0.2) is 42.5 Å². The van der Waals surface area contributed by atoms with E-state index in [1.165, 1.54) is 0 Å². The van der Waals surface area contributed by atoms with E-state index in [0.717, 1.165) is 28.4 Å². The van der Waals surface area contributed by atoms with Gasteiger partial charge in [0.2, 0.25) is 0 Å². The molecule has 1 heterocycles. The minimum absolute atomic E-state index is 0.766. The third-order valence-electron chi connectivity index (χ3n) is 2.51. The molecule has 0 bridgehead atoms. The topological polar surface area (TPSA) is 50.1 Å². The molecule has 0 aromatic heterocycles. The van der Waals surface area contributed by atoms with Crippen LogP contribution in [0.3, 0.4) is 0 Å². The number of nitrogen functional groups attached to an aromatic ring is 1. The van der Waals surface area contributed by atoms with Crippen molar-refractivity contribution in [3.05, 3.63) is 42.5 Å². The molecule has 0 amide bonds. The number of rotatable bonds is 0. The number of anilines is 5. The quantitative estimate of drug-likeness (QED) is 0.485. The second-order valence-corrected chi connectivity index (χ2v) is 3.60. The first-order valence-electron chi connectivity index (χ1n) is 4.85. The van der Waals surface area contributed by atoms with Crippen molar-refractivity contribution < 1.29 is 0 Å². The van der Waals surface area contributed by atoms with Gasteiger partial charge in [-0.1, -0.05) is 12.1 Å². The van der Waals surface area contributed by atoms with Crippen molar-refractivity contribution in [2.24, 2.45) is 0 Å². The van der Waals surface area contributed by atoms with E-state index in [1.807, 2.05) is 42.5 Å². The highest BCUT2D eigenvalue weighted by Gasteiger charge is 2.12. The number of hydrogen-bond acceptors (Lipinski definition) is 3. The molecule has 0 aliphatic carbocycles. The van der Waals surface area contributed by atoms with Gasteiger partial charge >= 0.3 is 0 Å². The standard InChI is InChI=1S/C12H11N3/c13-8-5-6-11-12(7-8)15-10-4-2-1-3-9(10)14-11/h1-7,14-15H,13H2. The zero-order chi connectivity index (χ0) is 10.3. The van der Waals surface area contributed by atoms with Crippen molar-refractivity contribution in [1.29, 1.82) is 0 Å². The lowest BCUT2D eigenvalue weighted by Crippen LogP contribution is -2.06. The zero-order valence-electron chi connectivity index (χ0n) is 8.12. The lowest BCUT2D eigenvalue weighted by Gasteiger charge is -2.22. The van der Waals surface area contributed by atoms with Crippen LogP contribution < -0.4 is 16.4 Å². The van der Waals surface area contributed by atoms with Crippen LogP contribution in [0.5, 0.6) is 0 Å². The van der Waals surface area contributed by atoms with Gasteiger partial charge in [-0.3, -0.25) is 0 Å². The Morgan fingerprint density at radius 3 is 2.07 bits per heavy atom. The average molecular weight is 197 g/mol. The SMILES string of the molecule is Nc1ccc2c(c1)Nc1ccccc1N2. The molecule has 0 fully saturated rings. The molecule has 2 aromatic rings. The van der Waals surface area contributed by atoms with Gasteiger partial charge < -0.3 is 16.4 Å². The summed E-state index contributed by atoms with van der Waals surface area (Å²) in [6.07, 6.45) is 0. The smallest absolute Gasteiger partial charge is 0.0644 e. The first kappa shape index (κ1) is 8.17. The lowest BCUT2D eigenvalue weighted by molar-refractivity contribution is 1.45. The molecule has 0 spiro atoms. The highest BCUT2D eigenvalue weighted by molar-refractivity contribution is 5.91. The molecule has 0 atom stereocenters. The van der Waals surface area contributed by atoms with Crippen molar-refractivity contribution in [3.63, 3.8) is 0 Å². The molecule has 0 radical (unpaired) electrons. The van der Waals surface area contributed by atoms with Gasteiger partial charge in [-0.15, -0.1) is 0 Å². The maximum absolute atomic E-state index is 5.73. The van der Waals surface area contributed by atoms with E-state index in [0.29, 0.717) is 0 Å². The van der Waals surface area contributed by atoms with E-state index in [-0.39, 0.29) is 0 Å². The monoisotopic (exact) mass is 197 g/mol. The number of fused-ring (bicyclic) bond motifs is 2. The Hall–Kier alpha value is -2.16. The van der Waals surface area contributed by atoms with E-state index < -0.39 is 0 Å². The van der Waals surface area contributed by atoms with Crippen molar-refractivity contribution >= 4 is 28.4 Å². The molecule has 1 aliphatic rings. The average Bonchev–Trinajstić information content (AvgIpc) is 2.26. The van der Waals surface area contributed by atoms with Crippen LogP contribution in [0, 0.1) is 0 Å². The predicted octanol–water partition coefficient (Wildman–Crippen LogP) is 3.07. The van der Waals surface area contributed by atoms with Crippen LogP contribution in [-0.2, 0) is 0 Å². The summed E-state index contributed by atoms with van der Waals surface area (Å²) >= 11 is 0. The van der Waals surface area contributed by atoms with E-state index in [1.54, 1.807) is 0 Å². The highest BCUT2D eigenvalue weighted by Crippen LogP contribution is 2.38. The number of hydrogen-bond donors (Lipinski definition) is 3. The summed E-state index contributed by atoms with van der Waals surface area (Å²) in [4.78, 5) is 0. The minimum atomic E-state index is 0.766.